The summed E-state index contributed by atoms with van der Waals surface area (Å²) >= 11 is 8.05. The summed E-state index contributed by atoms with van der Waals surface area (Å²) in [6, 6.07) is 6.15. The van der Waals surface area contributed by atoms with Gasteiger partial charge >= 0.3 is 0 Å². The average Bonchev–Trinajstić information content (AvgIpc) is 2.81. The van der Waals surface area contributed by atoms with Crippen LogP contribution in [0.25, 0.3) is 10.9 Å². The van der Waals surface area contributed by atoms with Crippen molar-refractivity contribution in [1.29, 1.82) is 0 Å². The monoisotopic (exact) mass is 326 g/mol. The van der Waals surface area contributed by atoms with Crippen LogP contribution in [0.1, 0.15) is 12.0 Å². The standard InChI is InChI=1S/C16H23ClN2OS/c1-20-8-6-18-11-13-12-19(7-3-9-21-2)16-10-14(17)4-5-15(13)16/h4-5,10,12,18H,3,6-9,11H2,1-2H3. The molecule has 0 aliphatic rings. The van der Waals surface area contributed by atoms with Gasteiger partial charge in [0.25, 0.3) is 0 Å². The molecule has 3 nitrogen and oxygen atoms in total. The lowest BCUT2D eigenvalue weighted by atomic mass is 10.2. The number of fused-ring (bicyclic) bond motifs is 1. The lowest BCUT2D eigenvalue weighted by Gasteiger charge is -2.04. The number of nitrogens with zero attached hydrogens (tertiary/aromatic N) is 1. The normalized spacial score (nSPS) is 11.4. The summed E-state index contributed by atoms with van der Waals surface area (Å²) in [5, 5.41) is 5.50. The number of aromatic nitrogens is 1. The molecule has 0 aliphatic heterocycles. The molecule has 0 unspecified atom stereocenters. The van der Waals surface area contributed by atoms with Gasteiger partial charge in [0.1, 0.15) is 0 Å². The van der Waals surface area contributed by atoms with Crippen molar-refractivity contribution in [2.75, 3.05) is 32.3 Å². The number of ether oxygens (including phenoxy) is 1. The Morgan fingerprint density at radius 2 is 2.24 bits per heavy atom. The lowest BCUT2D eigenvalue weighted by molar-refractivity contribution is 0.199. The van der Waals surface area contributed by atoms with E-state index in [0.717, 1.165) is 31.3 Å². The van der Waals surface area contributed by atoms with E-state index in [1.54, 1.807) is 7.11 Å². The van der Waals surface area contributed by atoms with Gasteiger partial charge in [-0.2, -0.15) is 11.8 Å². The molecular weight excluding hydrogens is 304 g/mol. The summed E-state index contributed by atoms with van der Waals surface area (Å²) in [5.41, 5.74) is 2.55. The number of hydrogen-bond acceptors (Lipinski definition) is 3. The molecule has 116 valence electrons. The first-order chi connectivity index (χ1) is 10.3. The largest absolute Gasteiger partial charge is 0.383 e. The number of halogens is 1. The van der Waals surface area contributed by atoms with E-state index in [1.807, 2.05) is 17.8 Å². The smallest absolute Gasteiger partial charge is 0.0587 e. The summed E-state index contributed by atoms with van der Waals surface area (Å²) in [6.45, 7) is 3.49. The quantitative estimate of drug-likeness (QED) is 0.710. The zero-order valence-corrected chi connectivity index (χ0v) is 14.3. The highest BCUT2D eigenvalue weighted by atomic mass is 35.5. The molecule has 0 saturated carbocycles. The molecule has 2 aromatic rings. The van der Waals surface area contributed by atoms with Crippen molar-refractivity contribution in [1.82, 2.24) is 9.88 Å². The van der Waals surface area contributed by atoms with Gasteiger partial charge in [-0.3, -0.25) is 0 Å². The predicted molar refractivity (Wildman–Crippen MR) is 93.5 cm³/mol. The van der Waals surface area contributed by atoms with E-state index in [4.69, 9.17) is 16.3 Å². The number of aryl methyl sites for hydroxylation is 1. The highest BCUT2D eigenvalue weighted by molar-refractivity contribution is 7.98. The van der Waals surface area contributed by atoms with Crippen molar-refractivity contribution in [3.05, 3.63) is 35.0 Å². The second-order valence-corrected chi connectivity index (χ2v) is 6.45. The first kappa shape index (κ1) is 16.7. The summed E-state index contributed by atoms with van der Waals surface area (Å²) in [4.78, 5) is 0. The van der Waals surface area contributed by atoms with Gasteiger partial charge in [0.05, 0.1) is 6.61 Å². The van der Waals surface area contributed by atoms with Gasteiger partial charge < -0.3 is 14.6 Å². The molecule has 0 bridgehead atoms. The van der Waals surface area contributed by atoms with Crippen molar-refractivity contribution in [3.63, 3.8) is 0 Å². The topological polar surface area (TPSA) is 26.2 Å². The number of benzene rings is 1. The van der Waals surface area contributed by atoms with Crippen molar-refractivity contribution >= 4 is 34.3 Å². The molecule has 0 spiro atoms. The fourth-order valence-corrected chi connectivity index (χ4v) is 3.03. The van der Waals surface area contributed by atoms with E-state index in [-0.39, 0.29) is 0 Å². The Balaban J connectivity index is 2.16. The second kappa shape index (κ2) is 8.69. The molecule has 5 heteroatoms. The van der Waals surface area contributed by atoms with Crippen molar-refractivity contribution < 1.29 is 4.74 Å². The summed E-state index contributed by atoms with van der Waals surface area (Å²) in [5.74, 6) is 1.18. The Bertz CT molecular complexity index is 571. The van der Waals surface area contributed by atoms with Crippen molar-refractivity contribution in [3.8, 4) is 0 Å². The highest BCUT2D eigenvalue weighted by Gasteiger charge is 2.08. The molecule has 21 heavy (non-hydrogen) atoms. The van der Waals surface area contributed by atoms with Gasteiger partial charge in [0, 0.05) is 48.9 Å². The molecule has 0 amide bonds. The molecule has 1 N–H and O–H groups in total. The molecule has 2 rings (SSSR count). The van der Waals surface area contributed by atoms with Gasteiger partial charge in [-0.25, -0.2) is 0 Å². The summed E-state index contributed by atoms with van der Waals surface area (Å²) < 4.78 is 7.39. The second-order valence-electron chi connectivity index (χ2n) is 5.03. The summed E-state index contributed by atoms with van der Waals surface area (Å²) in [6.07, 6.45) is 5.57. The van der Waals surface area contributed by atoms with Crippen LogP contribution < -0.4 is 5.32 Å². The van der Waals surface area contributed by atoms with Crippen LogP contribution >= 0.6 is 23.4 Å². The Morgan fingerprint density at radius 1 is 1.38 bits per heavy atom. The maximum atomic E-state index is 6.16. The Labute approximate surface area is 136 Å². The maximum absolute atomic E-state index is 6.16. The van der Waals surface area contributed by atoms with E-state index in [9.17, 15) is 0 Å². The van der Waals surface area contributed by atoms with Crippen LogP contribution in [0.4, 0.5) is 0 Å². The molecular formula is C16H23ClN2OS. The van der Waals surface area contributed by atoms with E-state index in [2.05, 4.69) is 34.5 Å². The Morgan fingerprint density at radius 3 is 3.00 bits per heavy atom. The molecule has 1 heterocycles. The van der Waals surface area contributed by atoms with Crippen LogP contribution in [0.2, 0.25) is 5.02 Å². The zero-order chi connectivity index (χ0) is 15.1. The molecule has 0 aliphatic carbocycles. The number of rotatable bonds is 9. The van der Waals surface area contributed by atoms with E-state index >= 15 is 0 Å². The van der Waals surface area contributed by atoms with Crippen molar-refractivity contribution in [2.24, 2.45) is 0 Å². The Kier molecular flexibility index (Phi) is 6.90. The van der Waals surface area contributed by atoms with Crippen LogP contribution in [-0.4, -0.2) is 36.8 Å². The fraction of sp³-hybridized carbons (Fsp3) is 0.500. The van der Waals surface area contributed by atoms with Crippen LogP contribution in [0, 0.1) is 0 Å². The Hall–Kier alpha value is -0.680. The molecule has 0 atom stereocenters. The number of nitrogens with one attached hydrogen (secondary N) is 1. The first-order valence-electron chi connectivity index (χ1n) is 7.22. The van der Waals surface area contributed by atoms with Crippen LogP contribution in [0.15, 0.2) is 24.4 Å². The van der Waals surface area contributed by atoms with Crippen molar-refractivity contribution in [2.45, 2.75) is 19.5 Å². The summed E-state index contributed by atoms with van der Waals surface area (Å²) in [7, 11) is 1.72. The SMILES string of the molecule is COCCNCc1cn(CCCSC)c2cc(Cl)ccc12. The third kappa shape index (κ3) is 4.65. The van der Waals surface area contributed by atoms with Gasteiger partial charge in [0.2, 0.25) is 0 Å². The van der Waals surface area contributed by atoms with Gasteiger partial charge in [0.15, 0.2) is 0 Å². The number of hydrogen-bond donors (Lipinski definition) is 1. The third-order valence-electron chi connectivity index (χ3n) is 3.47. The number of methoxy groups -OCH3 is 1. The van der Waals surface area contributed by atoms with Gasteiger partial charge in [-0.1, -0.05) is 17.7 Å². The lowest BCUT2D eigenvalue weighted by Crippen LogP contribution is -2.18. The van der Waals surface area contributed by atoms with E-state index in [1.165, 1.54) is 28.6 Å². The molecule has 0 radical (unpaired) electrons. The molecule has 0 fully saturated rings. The molecule has 1 aromatic carbocycles. The minimum atomic E-state index is 0.734. The zero-order valence-electron chi connectivity index (χ0n) is 12.7. The maximum Gasteiger partial charge on any atom is 0.0587 e. The first-order valence-corrected chi connectivity index (χ1v) is 8.99. The number of thioether (sulfide) groups is 1. The van der Waals surface area contributed by atoms with Crippen LogP contribution in [0.3, 0.4) is 0 Å². The highest BCUT2D eigenvalue weighted by Crippen LogP contribution is 2.25. The average molecular weight is 327 g/mol. The molecule has 0 saturated heterocycles. The fourth-order valence-electron chi connectivity index (χ4n) is 2.44. The van der Waals surface area contributed by atoms with Crippen LogP contribution in [0.5, 0.6) is 0 Å². The minimum Gasteiger partial charge on any atom is -0.383 e. The van der Waals surface area contributed by atoms with E-state index < -0.39 is 0 Å². The van der Waals surface area contributed by atoms with Crippen LogP contribution in [-0.2, 0) is 17.8 Å². The van der Waals surface area contributed by atoms with Gasteiger partial charge in [-0.15, -0.1) is 0 Å². The van der Waals surface area contributed by atoms with E-state index in [0.29, 0.717) is 0 Å². The predicted octanol–water partition coefficient (Wildman–Crippen LogP) is 3.78. The van der Waals surface area contributed by atoms with Gasteiger partial charge in [-0.05, 0) is 36.1 Å². The third-order valence-corrected chi connectivity index (χ3v) is 4.40. The molecule has 1 aromatic heterocycles. The minimum absolute atomic E-state index is 0.734.